The van der Waals surface area contributed by atoms with Crippen molar-refractivity contribution in [2.75, 3.05) is 32.2 Å². The first-order valence-electron chi connectivity index (χ1n) is 9.91. The number of benzene rings is 2. The average Bonchev–Trinajstić information content (AvgIpc) is 2.78. The summed E-state index contributed by atoms with van der Waals surface area (Å²) in [5, 5.41) is 1.15. The van der Waals surface area contributed by atoms with Gasteiger partial charge in [-0.3, -0.25) is 9.97 Å². The smallest absolute Gasteiger partial charge is 0.132 e. The zero-order valence-electron chi connectivity index (χ0n) is 16.9. The molecule has 0 bridgehead atoms. The first-order chi connectivity index (χ1) is 14.8. The SMILES string of the molecule is COc1ccc(-c2nccnc2C2CN(c3ccc4ccccc4n3)C2)c(OC)c1. The maximum atomic E-state index is 5.59. The Labute approximate surface area is 175 Å². The van der Waals surface area contributed by atoms with Crippen molar-refractivity contribution < 1.29 is 9.47 Å². The number of ether oxygens (including phenoxy) is 2. The number of rotatable bonds is 5. The van der Waals surface area contributed by atoms with Gasteiger partial charge in [-0.2, -0.15) is 0 Å². The molecular weight excluding hydrogens is 376 g/mol. The summed E-state index contributed by atoms with van der Waals surface area (Å²) < 4.78 is 10.9. The van der Waals surface area contributed by atoms with Gasteiger partial charge in [-0.05, 0) is 30.3 Å². The predicted octanol–water partition coefficient (Wildman–Crippen LogP) is 4.31. The minimum absolute atomic E-state index is 0.286. The van der Waals surface area contributed by atoms with Crippen molar-refractivity contribution in [3.8, 4) is 22.8 Å². The molecule has 2 aromatic carbocycles. The summed E-state index contributed by atoms with van der Waals surface area (Å²) in [4.78, 5) is 16.4. The third kappa shape index (κ3) is 3.20. The number of para-hydroxylation sites is 1. The van der Waals surface area contributed by atoms with Crippen molar-refractivity contribution in [1.82, 2.24) is 15.0 Å². The Morgan fingerprint density at radius 2 is 1.73 bits per heavy atom. The van der Waals surface area contributed by atoms with Crippen LogP contribution in [-0.2, 0) is 0 Å². The zero-order valence-corrected chi connectivity index (χ0v) is 16.9. The molecule has 6 nitrogen and oxygen atoms in total. The fourth-order valence-electron chi connectivity index (χ4n) is 3.92. The van der Waals surface area contributed by atoms with Crippen LogP contribution in [0.15, 0.2) is 67.0 Å². The summed E-state index contributed by atoms with van der Waals surface area (Å²) in [7, 11) is 3.30. The van der Waals surface area contributed by atoms with E-state index in [0.717, 1.165) is 58.3 Å². The van der Waals surface area contributed by atoms with Gasteiger partial charge in [0.15, 0.2) is 0 Å². The number of fused-ring (bicyclic) bond motifs is 1. The second kappa shape index (κ2) is 7.63. The largest absolute Gasteiger partial charge is 0.497 e. The van der Waals surface area contributed by atoms with Crippen LogP contribution in [0.25, 0.3) is 22.2 Å². The van der Waals surface area contributed by atoms with Gasteiger partial charge in [0.05, 0.1) is 31.1 Å². The predicted molar refractivity (Wildman–Crippen MR) is 117 cm³/mol. The van der Waals surface area contributed by atoms with Gasteiger partial charge in [-0.1, -0.05) is 18.2 Å². The highest BCUT2D eigenvalue weighted by atomic mass is 16.5. The highest BCUT2D eigenvalue weighted by Gasteiger charge is 2.33. The minimum atomic E-state index is 0.286. The van der Waals surface area contributed by atoms with Crippen molar-refractivity contribution in [2.45, 2.75) is 5.92 Å². The summed E-state index contributed by atoms with van der Waals surface area (Å²) in [6.45, 7) is 1.71. The Bertz CT molecular complexity index is 1200. The number of anilines is 1. The Morgan fingerprint density at radius 1 is 0.900 bits per heavy atom. The van der Waals surface area contributed by atoms with Crippen molar-refractivity contribution in [3.63, 3.8) is 0 Å². The number of methoxy groups -OCH3 is 2. The Hall–Kier alpha value is -3.67. The zero-order chi connectivity index (χ0) is 20.5. The molecule has 1 aliphatic rings. The minimum Gasteiger partial charge on any atom is -0.497 e. The number of pyridine rings is 1. The Balaban J connectivity index is 1.42. The van der Waals surface area contributed by atoms with E-state index >= 15 is 0 Å². The molecule has 0 spiro atoms. The fraction of sp³-hybridized carbons (Fsp3) is 0.208. The summed E-state index contributed by atoms with van der Waals surface area (Å²) in [5.74, 6) is 2.76. The van der Waals surface area contributed by atoms with Crippen LogP contribution >= 0.6 is 0 Å². The van der Waals surface area contributed by atoms with Crippen molar-refractivity contribution >= 4 is 16.7 Å². The normalized spacial score (nSPS) is 13.9. The quantitative estimate of drug-likeness (QED) is 0.499. The van der Waals surface area contributed by atoms with Crippen LogP contribution in [0.1, 0.15) is 11.6 Å². The Kier molecular flexibility index (Phi) is 4.67. The van der Waals surface area contributed by atoms with Crippen molar-refractivity contribution in [3.05, 3.63) is 72.7 Å². The molecule has 0 saturated carbocycles. The first kappa shape index (κ1) is 18.4. The highest BCUT2D eigenvalue weighted by molar-refractivity contribution is 5.80. The maximum Gasteiger partial charge on any atom is 0.132 e. The van der Waals surface area contributed by atoms with Crippen LogP contribution in [0.3, 0.4) is 0 Å². The van der Waals surface area contributed by atoms with Gasteiger partial charge in [0, 0.05) is 48.4 Å². The molecule has 0 radical (unpaired) electrons. The van der Waals surface area contributed by atoms with E-state index in [0.29, 0.717) is 0 Å². The van der Waals surface area contributed by atoms with Gasteiger partial charge in [-0.25, -0.2) is 4.98 Å². The molecule has 4 aromatic rings. The highest BCUT2D eigenvalue weighted by Crippen LogP contribution is 2.38. The lowest BCUT2D eigenvalue weighted by Crippen LogP contribution is -2.46. The van der Waals surface area contributed by atoms with Crippen LogP contribution in [-0.4, -0.2) is 42.3 Å². The van der Waals surface area contributed by atoms with E-state index in [1.54, 1.807) is 26.6 Å². The van der Waals surface area contributed by atoms with E-state index in [-0.39, 0.29) is 5.92 Å². The molecule has 2 aromatic heterocycles. The molecule has 0 unspecified atom stereocenters. The van der Waals surface area contributed by atoms with E-state index in [2.05, 4.69) is 33.1 Å². The van der Waals surface area contributed by atoms with E-state index < -0.39 is 0 Å². The van der Waals surface area contributed by atoms with Gasteiger partial charge < -0.3 is 14.4 Å². The van der Waals surface area contributed by atoms with Crippen molar-refractivity contribution in [2.24, 2.45) is 0 Å². The van der Waals surface area contributed by atoms with Gasteiger partial charge in [0.25, 0.3) is 0 Å². The summed E-state index contributed by atoms with van der Waals surface area (Å²) in [6.07, 6.45) is 3.48. The van der Waals surface area contributed by atoms with E-state index in [4.69, 9.17) is 14.5 Å². The molecule has 0 amide bonds. The van der Waals surface area contributed by atoms with Gasteiger partial charge >= 0.3 is 0 Å². The van der Waals surface area contributed by atoms with Gasteiger partial charge in [0.2, 0.25) is 0 Å². The van der Waals surface area contributed by atoms with Crippen LogP contribution < -0.4 is 14.4 Å². The molecule has 3 heterocycles. The molecule has 0 N–H and O–H groups in total. The lowest BCUT2D eigenvalue weighted by Gasteiger charge is -2.40. The van der Waals surface area contributed by atoms with Gasteiger partial charge in [-0.15, -0.1) is 0 Å². The second-order valence-electron chi connectivity index (χ2n) is 7.32. The lowest BCUT2D eigenvalue weighted by atomic mass is 9.92. The van der Waals surface area contributed by atoms with Crippen molar-refractivity contribution in [1.29, 1.82) is 0 Å². The first-order valence-corrected chi connectivity index (χ1v) is 9.91. The van der Waals surface area contributed by atoms with Crippen LogP contribution in [0, 0.1) is 0 Å². The second-order valence-corrected chi connectivity index (χ2v) is 7.32. The third-order valence-electron chi connectivity index (χ3n) is 5.57. The summed E-state index contributed by atoms with van der Waals surface area (Å²) in [6, 6.07) is 18.2. The Morgan fingerprint density at radius 3 is 2.57 bits per heavy atom. The molecule has 1 aliphatic heterocycles. The molecule has 1 saturated heterocycles. The molecule has 150 valence electrons. The maximum absolute atomic E-state index is 5.59. The topological polar surface area (TPSA) is 60.4 Å². The van der Waals surface area contributed by atoms with E-state index in [1.165, 1.54) is 0 Å². The van der Waals surface area contributed by atoms with E-state index in [9.17, 15) is 0 Å². The molecular formula is C24H22N4O2. The average molecular weight is 398 g/mol. The van der Waals surface area contributed by atoms with Crippen LogP contribution in [0.5, 0.6) is 11.5 Å². The third-order valence-corrected chi connectivity index (χ3v) is 5.57. The standard InChI is InChI=1S/C24H22N4O2/c1-29-18-8-9-19(21(13-18)30-2)24-23(25-11-12-26-24)17-14-28(15-17)22-10-7-16-5-3-4-6-20(16)27-22/h3-13,17H,14-15H2,1-2H3. The summed E-state index contributed by atoms with van der Waals surface area (Å²) >= 11 is 0. The van der Waals surface area contributed by atoms with Crippen LogP contribution in [0.2, 0.25) is 0 Å². The van der Waals surface area contributed by atoms with Crippen LogP contribution in [0.4, 0.5) is 5.82 Å². The number of hydrogen-bond acceptors (Lipinski definition) is 6. The van der Waals surface area contributed by atoms with E-state index in [1.807, 2.05) is 36.4 Å². The summed E-state index contributed by atoms with van der Waals surface area (Å²) in [5.41, 5.74) is 3.77. The fourth-order valence-corrected chi connectivity index (χ4v) is 3.92. The molecule has 0 atom stereocenters. The van der Waals surface area contributed by atoms with Gasteiger partial charge in [0.1, 0.15) is 17.3 Å². The molecule has 1 fully saturated rings. The molecule has 0 aliphatic carbocycles. The monoisotopic (exact) mass is 398 g/mol. The number of aromatic nitrogens is 3. The number of nitrogens with zero attached hydrogens (tertiary/aromatic N) is 4. The lowest BCUT2D eigenvalue weighted by molar-refractivity contribution is 0.395. The molecule has 30 heavy (non-hydrogen) atoms. The molecule has 6 heteroatoms. The molecule has 5 rings (SSSR count). The number of hydrogen-bond donors (Lipinski definition) is 0.